The van der Waals surface area contributed by atoms with Crippen molar-refractivity contribution < 1.29 is 19.1 Å². The van der Waals surface area contributed by atoms with Crippen LogP contribution in [0.5, 0.6) is 0 Å². The molecule has 1 aromatic heterocycles. The zero-order chi connectivity index (χ0) is 17.8. The number of imidazole rings is 1. The number of oxime groups is 1. The molecule has 10 nitrogen and oxygen atoms in total. The van der Waals surface area contributed by atoms with Crippen LogP contribution in [0.25, 0.3) is 16.1 Å². The number of ether oxygens (including phenoxy) is 1. The number of azide groups is 1. The van der Waals surface area contributed by atoms with E-state index in [-0.39, 0.29) is 18.8 Å². The molecule has 0 bridgehead atoms. The van der Waals surface area contributed by atoms with Crippen LogP contribution in [0.15, 0.2) is 41.0 Å². The van der Waals surface area contributed by atoms with Gasteiger partial charge in [0, 0.05) is 11.1 Å². The van der Waals surface area contributed by atoms with Crippen molar-refractivity contribution in [2.45, 2.75) is 6.10 Å². The Labute approximate surface area is 140 Å². The van der Waals surface area contributed by atoms with Gasteiger partial charge in [0.05, 0.1) is 30.7 Å². The number of cyclic esters (lactones) is 1. The van der Waals surface area contributed by atoms with E-state index in [1.54, 1.807) is 6.07 Å². The molecule has 1 aliphatic heterocycles. The van der Waals surface area contributed by atoms with Crippen molar-refractivity contribution >= 4 is 18.0 Å². The molecule has 0 spiro atoms. The van der Waals surface area contributed by atoms with E-state index in [2.05, 4.69) is 20.2 Å². The van der Waals surface area contributed by atoms with Gasteiger partial charge in [-0.25, -0.2) is 14.2 Å². The highest BCUT2D eigenvalue weighted by Crippen LogP contribution is 2.25. The molecule has 1 aliphatic rings. The molecule has 1 amide bonds. The van der Waals surface area contributed by atoms with Crippen LogP contribution in [0.4, 0.5) is 14.9 Å². The summed E-state index contributed by atoms with van der Waals surface area (Å²) in [5.41, 5.74) is 9.21. The van der Waals surface area contributed by atoms with Gasteiger partial charge in [-0.2, -0.15) is 0 Å². The van der Waals surface area contributed by atoms with Crippen LogP contribution in [0.1, 0.15) is 5.69 Å². The van der Waals surface area contributed by atoms with E-state index in [0.717, 1.165) is 6.21 Å². The zero-order valence-electron chi connectivity index (χ0n) is 12.7. The summed E-state index contributed by atoms with van der Waals surface area (Å²) in [6.45, 7) is 0.183. The van der Waals surface area contributed by atoms with Crippen LogP contribution in [-0.4, -0.2) is 46.3 Å². The molecular formula is C14H12FN7O3. The Morgan fingerprint density at radius 2 is 2.40 bits per heavy atom. The first-order valence-corrected chi connectivity index (χ1v) is 7.12. The minimum absolute atomic E-state index is 0.0174. The lowest BCUT2D eigenvalue weighted by Crippen LogP contribution is -2.25. The topological polar surface area (TPSA) is 129 Å². The minimum Gasteiger partial charge on any atom is -0.444 e. The van der Waals surface area contributed by atoms with E-state index in [0.29, 0.717) is 11.4 Å². The average Bonchev–Trinajstić information content (AvgIpc) is 3.20. The first-order valence-electron chi connectivity index (χ1n) is 7.12. The average molecular weight is 345 g/mol. The van der Waals surface area contributed by atoms with Crippen LogP contribution in [-0.2, 0) is 4.74 Å². The second kappa shape index (κ2) is 6.89. The van der Waals surface area contributed by atoms with E-state index < -0.39 is 18.0 Å². The number of carbonyl (C=O) groups excluding carboxylic acids is 1. The van der Waals surface area contributed by atoms with Gasteiger partial charge in [-0.3, -0.25) is 4.90 Å². The summed E-state index contributed by atoms with van der Waals surface area (Å²) in [6, 6.07) is 4.25. The number of nitrogens with zero attached hydrogens (tertiary/aromatic N) is 7. The van der Waals surface area contributed by atoms with Crippen molar-refractivity contribution in [3.8, 4) is 5.69 Å². The maximum atomic E-state index is 14.4. The van der Waals surface area contributed by atoms with Gasteiger partial charge < -0.3 is 14.5 Å². The quantitative estimate of drug-likeness (QED) is 0.223. The van der Waals surface area contributed by atoms with Gasteiger partial charge in [0.25, 0.3) is 0 Å². The number of rotatable bonds is 5. The van der Waals surface area contributed by atoms with E-state index in [4.69, 9.17) is 15.5 Å². The van der Waals surface area contributed by atoms with Crippen molar-refractivity contribution in [3.05, 3.63) is 52.7 Å². The van der Waals surface area contributed by atoms with Crippen molar-refractivity contribution in [2.24, 2.45) is 10.3 Å². The van der Waals surface area contributed by atoms with Gasteiger partial charge >= 0.3 is 6.09 Å². The Hall–Kier alpha value is -3.59. The predicted octanol–water partition coefficient (Wildman–Crippen LogP) is 2.46. The highest BCUT2D eigenvalue weighted by molar-refractivity contribution is 5.89. The van der Waals surface area contributed by atoms with E-state index in [9.17, 15) is 9.18 Å². The standard InChI is InChI=1S/C14H12FN7O3/c15-12-3-10(22-7-11(5-18-20-16)25-14(22)23)1-2-13(12)21-6-9(4-19-24)17-8-21/h1-4,6,8,11,24H,5,7H2/b19-4+/t11-/m0/s1. The van der Waals surface area contributed by atoms with Gasteiger partial charge in [-0.05, 0) is 23.7 Å². The number of benzene rings is 1. The molecule has 3 rings (SSSR count). The lowest BCUT2D eigenvalue weighted by atomic mass is 10.2. The fourth-order valence-corrected chi connectivity index (χ4v) is 2.42. The third-order valence-corrected chi connectivity index (χ3v) is 3.54. The molecule has 128 valence electrons. The smallest absolute Gasteiger partial charge is 0.414 e. The Morgan fingerprint density at radius 3 is 3.12 bits per heavy atom. The van der Waals surface area contributed by atoms with Crippen LogP contribution in [0, 0.1) is 5.82 Å². The maximum absolute atomic E-state index is 14.4. The number of halogens is 1. The molecule has 1 N–H and O–H groups in total. The highest BCUT2D eigenvalue weighted by atomic mass is 19.1. The zero-order valence-corrected chi connectivity index (χ0v) is 12.7. The lowest BCUT2D eigenvalue weighted by molar-refractivity contribution is 0.145. The number of amides is 1. The van der Waals surface area contributed by atoms with Crippen molar-refractivity contribution in [1.82, 2.24) is 9.55 Å². The van der Waals surface area contributed by atoms with Gasteiger partial charge in [0.2, 0.25) is 0 Å². The van der Waals surface area contributed by atoms with E-state index in [1.807, 2.05) is 0 Å². The Morgan fingerprint density at radius 1 is 1.56 bits per heavy atom. The second-order valence-corrected chi connectivity index (χ2v) is 5.12. The lowest BCUT2D eigenvalue weighted by Gasteiger charge is -2.14. The van der Waals surface area contributed by atoms with Crippen LogP contribution in [0.3, 0.4) is 0 Å². The molecule has 2 aromatic rings. The fraction of sp³-hybridized carbons (Fsp3) is 0.214. The predicted molar refractivity (Wildman–Crippen MR) is 84.5 cm³/mol. The normalized spacial score (nSPS) is 16.9. The molecule has 1 aromatic carbocycles. The molecule has 0 unspecified atom stereocenters. The molecule has 0 radical (unpaired) electrons. The molecule has 1 fully saturated rings. The molecular weight excluding hydrogens is 333 g/mol. The summed E-state index contributed by atoms with van der Waals surface area (Å²) in [6.07, 6.45) is 2.77. The Bertz CT molecular complexity index is 875. The third kappa shape index (κ3) is 3.35. The summed E-state index contributed by atoms with van der Waals surface area (Å²) in [4.78, 5) is 19.7. The summed E-state index contributed by atoms with van der Waals surface area (Å²) < 4.78 is 20.9. The van der Waals surface area contributed by atoms with Crippen molar-refractivity contribution in [3.63, 3.8) is 0 Å². The first kappa shape index (κ1) is 16.3. The Balaban J connectivity index is 1.82. The molecule has 11 heteroatoms. The third-order valence-electron chi connectivity index (χ3n) is 3.54. The largest absolute Gasteiger partial charge is 0.444 e. The number of hydrogen-bond donors (Lipinski definition) is 1. The summed E-state index contributed by atoms with van der Waals surface area (Å²) in [5, 5.41) is 14.7. The molecule has 1 saturated heterocycles. The van der Waals surface area contributed by atoms with Crippen LogP contribution < -0.4 is 4.90 Å². The fourth-order valence-electron chi connectivity index (χ4n) is 2.42. The molecule has 25 heavy (non-hydrogen) atoms. The van der Waals surface area contributed by atoms with E-state index in [1.165, 1.54) is 34.1 Å². The maximum Gasteiger partial charge on any atom is 0.414 e. The van der Waals surface area contributed by atoms with Gasteiger partial charge in [0.1, 0.15) is 23.9 Å². The number of anilines is 1. The van der Waals surface area contributed by atoms with Gasteiger partial charge in [-0.1, -0.05) is 10.3 Å². The van der Waals surface area contributed by atoms with Crippen molar-refractivity contribution in [2.75, 3.05) is 18.0 Å². The summed E-state index contributed by atoms with van der Waals surface area (Å²) >= 11 is 0. The first-order chi connectivity index (χ1) is 12.1. The van der Waals surface area contributed by atoms with Crippen LogP contribution in [0.2, 0.25) is 0 Å². The monoisotopic (exact) mass is 345 g/mol. The second-order valence-electron chi connectivity index (χ2n) is 5.12. The van der Waals surface area contributed by atoms with Gasteiger partial charge in [0.15, 0.2) is 0 Å². The summed E-state index contributed by atoms with van der Waals surface area (Å²) in [5.74, 6) is -0.575. The Kier molecular flexibility index (Phi) is 4.48. The van der Waals surface area contributed by atoms with Gasteiger partial charge in [-0.15, -0.1) is 0 Å². The molecule has 0 saturated carbocycles. The van der Waals surface area contributed by atoms with Crippen LogP contribution >= 0.6 is 0 Å². The molecule has 1 atom stereocenters. The van der Waals surface area contributed by atoms with E-state index >= 15 is 0 Å². The minimum atomic E-state index is -0.630. The summed E-state index contributed by atoms with van der Waals surface area (Å²) in [7, 11) is 0. The SMILES string of the molecule is [N-]=[N+]=NC[C@H]1CN(c2ccc(-n3cnc(/C=N/O)c3)c(F)c2)C(=O)O1. The number of hydrogen-bond acceptors (Lipinski definition) is 6. The molecule has 0 aliphatic carbocycles. The highest BCUT2D eigenvalue weighted by Gasteiger charge is 2.32. The molecule has 2 heterocycles. The number of aromatic nitrogens is 2. The number of carbonyl (C=O) groups is 1. The van der Waals surface area contributed by atoms with Crippen molar-refractivity contribution in [1.29, 1.82) is 0 Å².